The average Bonchev–Trinajstić information content (AvgIpc) is 2.14. The van der Waals surface area contributed by atoms with E-state index in [1.54, 1.807) is 0 Å². The minimum Gasteiger partial charge on any atom is -0.277 e. The third-order valence-electron chi connectivity index (χ3n) is 0.937. The van der Waals surface area contributed by atoms with E-state index < -0.39 is 0 Å². The lowest BCUT2D eigenvalue weighted by Crippen LogP contribution is -2.16. The summed E-state index contributed by atoms with van der Waals surface area (Å²) in [6, 6.07) is 0.181. The SMILES string of the molecule is CC1CN(C=O)N=N1. The van der Waals surface area contributed by atoms with Gasteiger partial charge in [0.1, 0.15) is 0 Å². The van der Waals surface area contributed by atoms with Crippen LogP contribution in [0.4, 0.5) is 0 Å². The summed E-state index contributed by atoms with van der Waals surface area (Å²) in [5.74, 6) is 0. The summed E-state index contributed by atoms with van der Waals surface area (Å²) in [6.45, 7) is 2.54. The molecule has 0 saturated heterocycles. The maximum Gasteiger partial charge on any atom is 0.231 e. The van der Waals surface area contributed by atoms with Crippen molar-refractivity contribution in [1.82, 2.24) is 5.01 Å². The number of hydrogen-bond acceptors (Lipinski definition) is 3. The molecule has 1 unspecified atom stereocenters. The van der Waals surface area contributed by atoms with E-state index in [9.17, 15) is 4.79 Å². The highest BCUT2D eigenvalue weighted by Gasteiger charge is 2.11. The first-order chi connectivity index (χ1) is 3.83. The van der Waals surface area contributed by atoms with Gasteiger partial charge in [0.25, 0.3) is 0 Å². The van der Waals surface area contributed by atoms with Gasteiger partial charge in [-0.2, -0.15) is 5.11 Å². The quantitative estimate of drug-likeness (QED) is 0.448. The van der Waals surface area contributed by atoms with Crippen molar-refractivity contribution in [2.75, 3.05) is 6.54 Å². The zero-order chi connectivity index (χ0) is 5.98. The van der Waals surface area contributed by atoms with Gasteiger partial charge in [-0.15, -0.1) is 0 Å². The zero-order valence-electron chi connectivity index (χ0n) is 4.61. The second-order valence-corrected chi connectivity index (χ2v) is 1.78. The molecule has 1 heterocycles. The molecule has 44 valence electrons. The molecular formula is C4H7N3O. The van der Waals surface area contributed by atoms with E-state index in [2.05, 4.69) is 10.3 Å². The molecule has 0 aromatic heterocycles. The minimum atomic E-state index is 0.181. The molecule has 0 aromatic rings. The molecule has 4 heteroatoms. The number of nitrogens with zero attached hydrogens (tertiary/aromatic N) is 3. The van der Waals surface area contributed by atoms with Crippen LogP contribution in [-0.4, -0.2) is 24.0 Å². The van der Waals surface area contributed by atoms with Crippen molar-refractivity contribution in [3.8, 4) is 0 Å². The summed E-state index contributed by atoms with van der Waals surface area (Å²) in [4.78, 5) is 9.92. The van der Waals surface area contributed by atoms with Crippen LogP contribution in [-0.2, 0) is 4.79 Å². The second kappa shape index (κ2) is 1.90. The molecule has 1 atom stereocenters. The average molecular weight is 113 g/mol. The molecule has 1 aliphatic heterocycles. The van der Waals surface area contributed by atoms with Crippen LogP contribution in [0.25, 0.3) is 0 Å². The van der Waals surface area contributed by atoms with Crippen LogP contribution in [0.1, 0.15) is 6.92 Å². The monoisotopic (exact) mass is 113 g/mol. The second-order valence-electron chi connectivity index (χ2n) is 1.78. The lowest BCUT2D eigenvalue weighted by molar-refractivity contribution is -0.117. The van der Waals surface area contributed by atoms with Crippen molar-refractivity contribution >= 4 is 6.41 Å². The lowest BCUT2D eigenvalue weighted by atomic mass is 10.4. The summed E-state index contributed by atoms with van der Waals surface area (Å²) in [7, 11) is 0. The van der Waals surface area contributed by atoms with Gasteiger partial charge < -0.3 is 0 Å². The van der Waals surface area contributed by atoms with E-state index in [1.807, 2.05) is 6.92 Å². The Balaban J connectivity index is 2.45. The number of carbonyl (C=O) groups excluding carboxylic acids is 1. The van der Waals surface area contributed by atoms with Gasteiger partial charge in [-0.1, -0.05) is 5.22 Å². The van der Waals surface area contributed by atoms with Crippen LogP contribution in [0, 0.1) is 0 Å². The van der Waals surface area contributed by atoms with Crippen molar-refractivity contribution in [3.05, 3.63) is 0 Å². The smallest absolute Gasteiger partial charge is 0.231 e. The molecule has 0 N–H and O–H groups in total. The maximum absolute atomic E-state index is 9.92. The van der Waals surface area contributed by atoms with Gasteiger partial charge in [0.2, 0.25) is 6.41 Å². The first kappa shape index (κ1) is 5.21. The van der Waals surface area contributed by atoms with Gasteiger partial charge in [0.15, 0.2) is 0 Å². The third kappa shape index (κ3) is 0.828. The maximum atomic E-state index is 9.92. The molecule has 1 aliphatic rings. The minimum absolute atomic E-state index is 0.181. The van der Waals surface area contributed by atoms with Gasteiger partial charge in [0, 0.05) is 0 Å². The Morgan fingerprint density at radius 1 is 1.88 bits per heavy atom. The van der Waals surface area contributed by atoms with Gasteiger partial charge in [0.05, 0.1) is 12.6 Å². The number of carbonyl (C=O) groups is 1. The Morgan fingerprint density at radius 2 is 2.62 bits per heavy atom. The van der Waals surface area contributed by atoms with Gasteiger partial charge in [-0.25, -0.2) is 5.01 Å². The Kier molecular flexibility index (Phi) is 1.24. The van der Waals surface area contributed by atoms with Gasteiger partial charge in [-0.05, 0) is 6.92 Å². The summed E-state index contributed by atoms with van der Waals surface area (Å²) >= 11 is 0. The van der Waals surface area contributed by atoms with Crippen molar-refractivity contribution in [3.63, 3.8) is 0 Å². The molecule has 0 saturated carbocycles. The van der Waals surface area contributed by atoms with Crippen LogP contribution in [0.2, 0.25) is 0 Å². The molecule has 1 rings (SSSR count). The predicted molar refractivity (Wildman–Crippen MR) is 27.1 cm³/mol. The van der Waals surface area contributed by atoms with Crippen molar-refractivity contribution in [1.29, 1.82) is 0 Å². The number of rotatable bonds is 1. The fourth-order valence-corrected chi connectivity index (χ4v) is 0.562. The van der Waals surface area contributed by atoms with E-state index >= 15 is 0 Å². The summed E-state index contributed by atoms with van der Waals surface area (Å²) in [5.41, 5.74) is 0. The highest BCUT2D eigenvalue weighted by molar-refractivity contribution is 5.46. The van der Waals surface area contributed by atoms with Crippen LogP contribution >= 0.6 is 0 Å². The zero-order valence-corrected chi connectivity index (χ0v) is 4.61. The van der Waals surface area contributed by atoms with Crippen molar-refractivity contribution in [2.24, 2.45) is 10.3 Å². The summed E-state index contributed by atoms with van der Waals surface area (Å²) in [6.07, 6.45) is 0.674. The highest BCUT2D eigenvalue weighted by Crippen LogP contribution is 2.03. The first-order valence-corrected chi connectivity index (χ1v) is 2.45. The fourth-order valence-electron chi connectivity index (χ4n) is 0.562. The molecule has 0 aliphatic carbocycles. The van der Waals surface area contributed by atoms with E-state index in [0.717, 1.165) is 0 Å². The molecule has 0 bridgehead atoms. The highest BCUT2D eigenvalue weighted by atomic mass is 16.1. The lowest BCUT2D eigenvalue weighted by Gasteiger charge is -1.98. The van der Waals surface area contributed by atoms with Crippen LogP contribution in [0.5, 0.6) is 0 Å². The third-order valence-corrected chi connectivity index (χ3v) is 0.937. The van der Waals surface area contributed by atoms with E-state index in [4.69, 9.17) is 0 Å². The largest absolute Gasteiger partial charge is 0.277 e. The summed E-state index contributed by atoms with van der Waals surface area (Å²) < 4.78 is 0. The van der Waals surface area contributed by atoms with Crippen LogP contribution in [0.15, 0.2) is 10.3 Å². The van der Waals surface area contributed by atoms with Crippen molar-refractivity contribution < 1.29 is 4.79 Å². The van der Waals surface area contributed by atoms with Crippen LogP contribution < -0.4 is 0 Å². The standard InChI is InChI=1S/C4H7N3O/c1-4-2-7(3-8)6-5-4/h3-4H,2H2,1H3. The molecule has 8 heavy (non-hydrogen) atoms. The molecule has 1 amide bonds. The van der Waals surface area contributed by atoms with Gasteiger partial charge >= 0.3 is 0 Å². The van der Waals surface area contributed by atoms with Gasteiger partial charge in [-0.3, -0.25) is 4.79 Å². The Bertz CT molecular complexity index is 122. The molecule has 0 aromatic carbocycles. The number of amides is 1. The van der Waals surface area contributed by atoms with E-state index in [1.165, 1.54) is 5.01 Å². The fraction of sp³-hybridized carbons (Fsp3) is 0.750. The van der Waals surface area contributed by atoms with E-state index in [-0.39, 0.29) is 6.04 Å². The van der Waals surface area contributed by atoms with E-state index in [0.29, 0.717) is 13.0 Å². The molecule has 0 radical (unpaired) electrons. The number of hydrogen-bond donors (Lipinski definition) is 0. The molecule has 4 nitrogen and oxygen atoms in total. The van der Waals surface area contributed by atoms with Crippen molar-refractivity contribution in [2.45, 2.75) is 13.0 Å². The molecular weight excluding hydrogens is 106 g/mol. The first-order valence-electron chi connectivity index (χ1n) is 2.45. The Labute approximate surface area is 47.2 Å². The normalized spacial score (nSPS) is 26.6. The Hall–Kier alpha value is -0.930. The summed E-state index contributed by atoms with van der Waals surface area (Å²) in [5, 5.41) is 8.52. The molecule has 0 spiro atoms. The topological polar surface area (TPSA) is 45.0 Å². The van der Waals surface area contributed by atoms with Crippen LogP contribution in [0.3, 0.4) is 0 Å². The predicted octanol–water partition coefficient (Wildman–Crippen LogP) is 0.214. The molecule has 0 fully saturated rings. The Morgan fingerprint density at radius 3 is 2.88 bits per heavy atom.